The van der Waals surface area contributed by atoms with Gasteiger partial charge in [0.1, 0.15) is 5.69 Å². The van der Waals surface area contributed by atoms with Gasteiger partial charge in [-0.2, -0.15) is 13.2 Å². The summed E-state index contributed by atoms with van der Waals surface area (Å²) in [6.45, 7) is -0.470. The van der Waals surface area contributed by atoms with Crippen LogP contribution in [0.5, 0.6) is 0 Å². The first-order chi connectivity index (χ1) is 8.72. The van der Waals surface area contributed by atoms with Crippen LogP contribution in [-0.2, 0) is 17.5 Å². The van der Waals surface area contributed by atoms with Gasteiger partial charge in [0.05, 0.1) is 23.9 Å². The lowest BCUT2D eigenvalue weighted by atomic mass is 10.1. The maximum atomic E-state index is 12.6. The Bertz CT molecular complexity index is 488. The number of carbonyl (C=O) groups excluding carboxylic acids is 1. The van der Waals surface area contributed by atoms with E-state index in [1.165, 1.54) is 0 Å². The second kappa shape index (κ2) is 5.47. The molecule has 0 aliphatic rings. The summed E-state index contributed by atoms with van der Waals surface area (Å²) in [5, 5.41) is 0. The number of aromatic nitrogens is 1. The minimum atomic E-state index is -5.06. The van der Waals surface area contributed by atoms with Crippen molar-refractivity contribution < 1.29 is 31.5 Å². The normalized spacial score (nSPS) is 11.8. The van der Waals surface area contributed by atoms with Gasteiger partial charge in [0, 0.05) is 6.54 Å². The van der Waals surface area contributed by atoms with E-state index in [1.54, 1.807) is 0 Å². The largest absolute Gasteiger partial charge is 0.465 e. The van der Waals surface area contributed by atoms with E-state index in [-0.39, 0.29) is 11.8 Å². The summed E-state index contributed by atoms with van der Waals surface area (Å²) in [5.41, 5.74) is 1.08. The standard InChI is InChI=1S/C10H9F5N2O2/c1-19-9(18)4-2-5(10(13,14)15)7(8(11)12)17-6(4)3-16/h2,8H,3,16H2,1H3. The molecule has 0 spiro atoms. The molecule has 0 amide bonds. The molecule has 0 aromatic carbocycles. The number of methoxy groups -OCH3 is 1. The highest BCUT2D eigenvalue weighted by Gasteiger charge is 2.38. The fraction of sp³-hybridized carbons (Fsp3) is 0.400. The van der Waals surface area contributed by atoms with E-state index in [9.17, 15) is 26.7 Å². The molecule has 1 rings (SSSR count). The number of halogens is 5. The highest BCUT2D eigenvalue weighted by atomic mass is 19.4. The Balaban J connectivity index is 3.57. The lowest BCUT2D eigenvalue weighted by molar-refractivity contribution is -0.140. The van der Waals surface area contributed by atoms with E-state index in [2.05, 4.69) is 9.72 Å². The maximum absolute atomic E-state index is 12.6. The molecule has 0 atom stereocenters. The van der Waals surface area contributed by atoms with Crippen LogP contribution in [0.2, 0.25) is 0 Å². The third kappa shape index (κ3) is 3.16. The minimum Gasteiger partial charge on any atom is -0.465 e. The number of nitrogens with zero attached hydrogens (tertiary/aromatic N) is 1. The van der Waals surface area contributed by atoms with Crippen molar-refractivity contribution in [1.29, 1.82) is 0 Å². The molecule has 4 nitrogen and oxygen atoms in total. The fourth-order valence-corrected chi connectivity index (χ4v) is 1.40. The van der Waals surface area contributed by atoms with Crippen LogP contribution in [0.3, 0.4) is 0 Å². The third-order valence-electron chi connectivity index (χ3n) is 2.24. The Kier molecular flexibility index (Phi) is 4.40. The number of esters is 1. The number of hydrogen-bond donors (Lipinski definition) is 1. The highest BCUT2D eigenvalue weighted by Crippen LogP contribution is 2.36. The average Bonchev–Trinajstić information content (AvgIpc) is 2.34. The topological polar surface area (TPSA) is 65.2 Å². The fourth-order valence-electron chi connectivity index (χ4n) is 1.40. The van der Waals surface area contributed by atoms with E-state index in [1.807, 2.05) is 0 Å². The SMILES string of the molecule is COC(=O)c1cc(C(F)(F)F)c(C(F)F)nc1CN. The van der Waals surface area contributed by atoms with Crippen LogP contribution in [0.25, 0.3) is 0 Å². The van der Waals surface area contributed by atoms with Gasteiger partial charge in [-0.15, -0.1) is 0 Å². The highest BCUT2D eigenvalue weighted by molar-refractivity contribution is 5.90. The molecule has 0 aliphatic carbocycles. The van der Waals surface area contributed by atoms with Crippen molar-refractivity contribution in [3.63, 3.8) is 0 Å². The van der Waals surface area contributed by atoms with Crippen LogP contribution >= 0.6 is 0 Å². The summed E-state index contributed by atoms with van der Waals surface area (Å²) < 4.78 is 67.3. The first-order valence-electron chi connectivity index (χ1n) is 4.89. The molecule has 9 heteroatoms. The summed E-state index contributed by atoms with van der Waals surface area (Å²) in [7, 11) is 0.941. The summed E-state index contributed by atoms with van der Waals surface area (Å²) in [4.78, 5) is 14.4. The zero-order valence-electron chi connectivity index (χ0n) is 9.59. The number of ether oxygens (including phenoxy) is 1. The van der Waals surface area contributed by atoms with Gasteiger partial charge >= 0.3 is 12.1 Å². The van der Waals surface area contributed by atoms with Crippen molar-refractivity contribution in [2.45, 2.75) is 19.1 Å². The third-order valence-corrected chi connectivity index (χ3v) is 2.24. The van der Waals surface area contributed by atoms with Crippen LogP contribution in [0.4, 0.5) is 22.0 Å². The molecule has 0 saturated carbocycles. The Labute approximate surface area is 104 Å². The first-order valence-corrected chi connectivity index (χ1v) is 4.89. The Morgan fingerprint density at radius 1 is 1.47 bits per heavy atom. The van der Waals surface area contributed by atoms with Gasteiger partial charge in [0.25, 0.3) is 6.43 Å². The molecule has 2 N–H and O–H groups in total. The molecule has 0 unspecified atom stereocenters. The zero-order valence-corrected chi connectivity index (χ0v) is 9.59. The van der Waals surface area contributed by atoms with Crippen LogP contribution in [0.1, 0.15) is 33.7 Å². The van der Waals surface area contributed by atoms with Crippen molar-refractivity contribution in [3.05, 3.63) is 28.6 Å². The van der Waals surface area contributed by atoms with Gasteiger partial charge in [0.15, 0.2) is 0 Å². The molecule has 0 bridgehead atoms. The lowest BCUT2D eigenvalue weighted by Crippen LogP contribution is -2.18. The molecule has 0 radical (unpaired) electrons. The van der Waals surface area contributed by atoms with E-state index in [0.29, 0.717) is 0 Å². The summed E-state index contributed by atoms with van der Waals surface area (Å²) >= 11 is 0. The van der Waals surface area contributed by atoms with Crippen LogP contribution in [0.15, 0.2) is 6.07 Å². The molecule has 0 saturated heterocycles. The van der Waals surface area contributed by atoms with E-state index in [0.717, 1.165) is 7.11 Å². The van der Waals surface area contributed by atoms with Crippen LogP contribution in [0, 0.1) is 0 Å². The number of pyridine rings is 1. The van der Waals surface area contributed by atoms with E-state index < -0.39 is 41.9 Å². The predicted octanol–water partition coefficient (Wildman–Crippen LogP) is 2.28. The van der Waals surface area contributed by atoms with Gasteiger partial charge in [-0.3, -0.25) is 0 Å². The van der Waals surface area contributed by atoms with E-state index in [4.69, 9.17) is 5.73 Å². The van der Waals surface area contributed by atoms with E-state index >= 15 is 0 Å². The van der Waals surface area contributed by atoms with Crippen molar-refractivity contribution in [2.75, 3.05) is 7.11 Å². The molecule has 1 aromatic heterocycles. The van der Waals surface area contributed by atoms with Crippen LogP contribution in [-0.4, -0.2) is 18.1 Å². The van der Waals surface area contributed by atoms with Gasteiger partial charge in [-0.1, -0.05) is 0 Å². The monoisotopic (exact) mass is 284 g/mol. The Morgan fingerprint density at radius 2 is 2.05 bits per heavy atom. The number of carbonyl (C=O) groups is 1. The smallest absolute Gasteiger partial charge is 0.418 e. The number of rotatable bonds is 3. The maximum Gasteiger partial charge on any atom is 0.418 e. The van der Waals surface area contributed by atoms with Crippen molar-refractivity contribution in [3.8, 4) is 0 Å². The lowest BCUT2D eigenvalue weighted by Gasteiger charge is -2.15. The van der Waals surface area contributed by atoms with Crippen molar-refractivity contribution in [1.82, 2.24) is 4.98 Å². The second-order valence-corrected chi connectivity index (χ2v) is 3.41. The summed E-state index contributed by atoms with van der Waals surface area (Å²) in [6.07, 6.45) is -8.50. The number of nitrogens with two attached hydrogens (primary N) is 1. The molecule has 1 heterocycles. The molecule has 0 aliphatic heterocycles. The van der Waals surface area contributed by atoms with Gasteiger partial charge in [-0.25, -0.2) is 18.6 Å². The second-order valence-electron chi connectivity index (χ2n) is 3.41. The Morgan fingerprint density at radius 3 is 2.42 bits per heavy atom. The molecular weight excluding hydrogens is 275 g/mol. The molecule has 1 aromatic rings. The molecular formula is C10H9F5N2O2. The quantitative estimate of drug-likeness (QED) is 0.683. The first kappa shape index (κ1) is 15.3. The average molecular weight is 284 g/mol. The Hall–Kier alpha value is -1.77. The predicted molar refractivity (Wildman–Crippen MR) is 53.4 cm³/mol. The summed E-state index contributed by atoms with van der Waals surface area (Å²) in [5.74, 6) is -1.13. The molecule has 19 heavy (non-hydrogen) atoms. The number of hydrogen-bond acceptors (Lipinski definition) is 4. The van der Waals surface area contributed by atoms with Crippen molar-refractivity contribution >= 4 is 5.97 Å². The van der Waals surface area contributed by atoms with Gasteiger partial charge in [0.2, 0.25) is 0 Å². The zero-order chi connectivity index (χ0) is 14.8. The molecule has 0 fully saturated rings. The van der Waals surface area contributed by atoms with Gasteiger partial charge in [-0.05, 0) is 6.07 Å². The minimum absolute atomic E-state index is 0.280. The number of alkyl halides is 5. The van der Waals surface area contributed by atoms with Crippen LogP contribution < -0.4 is 5.73 Å². The van der Waals surface area contributed by atoms with Crippen molar-refractivity contribution in [2.24, 2.45) is 5.73 Å². The van der Waals surface area contributed by atoms with Gasteiger partial charge < -0.3 is 10.5 Å². The molecule has 106 valence electrons. The summed E-state index contributed by atoms with van der Waals surface area (Å²) in [6, 6.07) is 0.280.